The number of aliphatic hydroxyl groups is 1. The Kier molecular flexibility index (Phi) is 2.67. The summed E-state index contributed by atoms with van der Waals surface area (Å²) in [6.45, 7) is 1.81. The Bertz CT molecular complexity index is 135. The van der Waals surface area contributed by atoms with Gasteiger partial charge >= 0.3 is 0 Å². The summed E-state index contributed by atoms with van der Waals surface area (Å²) in [4.78, 5) is 0. The maximum Gasteiger partial charge on any atom is 0.144 e. The van der Waals surface area contributed by atoms with E-state index in [-0.39, 0.29) is 5.92 Å². The van der Waals surface area contributed by atoms with Crippen LogP contribution in [0.25, 0.3) is 0 Å². The lowest BCUT2D eigenvalue weighted by Gasteiger charge is -2.23. The lowest BCUT2D eigenvalue weighted by molar-refractivity contribution is 0.139. The van der Waals surface area contributed by atoms with Crippen molar-refractivity contribution >= 4 is 0 Å². The molecule has 0 aromatic heterocycles. The zero-order valence-electron chi connectivity index (χ0n) is 5.88. The second-order valence-corrected chi connectivity index (χ2v) is 2.68. The van der Waals surface area contributed by atoms with Gasteiger partial charge in [-0.1, -0.05) is 0 Å². The van der Waals surface area contributed by atoms with E-state index in [0.29, 0.717) is 0 Å². The Morgan fingerprint density at radius 3 is 3.00 bits per heavy atom. The minimum Gasteiger partial charge on any atom is -0.378 e. The van der Waals surface area contributed by atoms with Gasteiger partial charge in [0.15, 0.2) is 0 Å². The second-order valence-electron chi connectivity index (χ2n) is 2.68. The molecule has 0 radical (unpaired) electrons. The lowest BCUT2D eigenvalue weighted by Crippen LogP contribution is -2.35. The molecule has 0 spiro atoms. The molecule has 0 bridgehead atoms. The van der Waals surface area contributed by atoms with Crippen LogP contribution in [0.15, 0.2) is 0 Å². The van der Waals surface area contributed by atoms with Crippen LogP contribution in [-0.2, 0) is 0 Å². The lowest BCUT2D eigenvalue weighted by atomic mass is 9.95. The van der Waals surface area contributed by atoms with E-state index < -0.39 is 6.10 Å². The third-order valence-electron chi connectivity index (χ3n) is 1.91. The minimum absolute atomic E-state index is 0.152. The molecule has 1 saturated heterocycles. The second kappa shape index (κ2) is 3.55. The van der Waals surface area contributed by atoms with Crippen molar-refractivity contribution in [3.63, 3.8) is 0 Å². The third kappa shape index (κ3) is 1.69. The van der Waals surface area contributed by atoms with Crippen molar-refractivity contribution in [1.82, 2.24) is 5.32 Å². The fourth-order valence-electron chi connectivity index (χ4n) is 1.25. The molecule has 1 fully saturated rings. The molecule has 56 valence electrons. The summed E-state index contributed by atoms with van der Waals surface area (Å²) in [5.41, 5.74) is 0. The first-order valence-electron chi connectivity index (χ1n) is 3.63. The number of nitrogens with zero attached hydrogens (tertiary/aromatic N) is 1. The van der Waals surface area contributed by atoms with Gasteiger partial charge in [0.2, 0.25) is 0 Å². The molecule has 1 aliphatic heterocycles. The molecule has 0 aromatic rings. The number of nitrogens with one attached hydrogen (secondary N) is 1. The first-order valence-corrected chi connectivity index (χ1v) is 3.63. The topological polar surface area (TPSA) is 56.0 Å². The summed E-state index contributed by atoms with van der Waals surface area (Å²) in [5.74, 6) is 0.152. The Morgan fingerprint density at radius 2 is 2.50 bits per heavy atom. The maximum absolute atomic E-state index is 9.08. The molecule has 0 aromatic carbocycles. The molecule has 1 aliphatic rings. The van der Waals surface area contributed by atoms with Crippen molar-refractivity contribution in [2.24, 2.45) is 5.92 Å². The van der Waals surface area contributed by atoms with Gasteiger partial charge in [0.1, 0.15) is 6.10 Å². The van der Waals surface area contributed by atoms with Gasteiger partial charge in [0.25, 0.3) is 0 Å². The fraction of sp³-hybridized carbons (Fsp3) is 0.857. The van der Waals surface area contributed by atoms with Crippen LogP contribution in [0, 0.1) is 17.2 Å². The van der Waals surface area contributed by atoms with Crippen molar-refractivity contribution in [1.29, 1.82) is 5.26 Å². The number of aliphatic hydroxyl groups excluding tert-OH is 1. The molecule has 2 atom stereocenters. The van der Waals surface area contributed by atoms with Gasteiger partial charge in [-0.2, -0.15) is 5.26 Å². The third-order valence-corrected chi connectivity index (χ3v) is 1.91. The average Bonchev–Trinajstić information content (AvgIpc) is 2.05. The molecule has 0 amide bonds. The summed E-state index contributed by atoms with van der Waals surface area (Å²) < 4.78 is 0. The average molecular weight is 140 g/mol. The van der Waals surface area contributed by atoms with E-state index in [1.807, 2.05) is 6.07 Å². The van der Waals surface area contributed by atoms with Crippen molar-refractivity contribution in [2.45, 2.75) is 18.9 Å². The minimum atomic E-state index is -0.771. The molecule has 2 unspecified atom stereocenters. The highest BCUT2D eigenvalue weighted by atomic mass is 16.3. The number of hydrogen-bond donors (Lipinski definition) is 2. The van der Waals surface area contributed by atoms with Crippen LogP contribution in [0.2, 0.25) is 0 Å². The van der Waals surface area contributed by atoms with Crippen molar-refractivity contribution in [3.8, 4) is 6.07 Å². The van der Waals surface area contributed by atoms with Crippen molar-refractivity contribution < 1.29 is 5.11 Å². The van der Waals surface area contributed by atoms with Gasteiger partial charge in [-0.15, -0.1) is 0 Å². The van der Waals surface area contributed by atoms with Crippen LogP contribution >= 0.6 is 0 Å². The highest BCUT2D eigenvalue weighted by Crippen LogP contribution is 2.13. The molecular weight excluding hydrogens is 128 g/mol. The van der Waals surface area contributed by atoms with Gasteiger partial charge in [-0.25, -0.2) is 0 Å². The largest absolute Gasteiger partial charge is 0.378 e. The van der Waals surface area contributed by atoms with E-state index in [2.05, 4.69) is 5.32 Å². The van der Waals surface area contributed by atoms with E-state index >= 15 is 0 Å². The van der Waals surface area contributed by atoms with Crippen LogP contribution in [0.3, 0.4) is 0 Å². The predicted molar refractivity (Wildman–Crippen MR) is 37.2 cm³/mol. The molecule has 1 rings (SSSR count). The molecule has 2 N–H and O–H groups in total. The van der Waals surface area contributed by atoms with Crippen LogP contribution < -0.4 is 5.32 Å². The van der Waals surface area contributed by atoms with Gasteiger partial charge in [-0.05, 0) is 19.4 Å². The molecule has 3 nitrogen and oxygen atoms in total. The molecular formula is C7H12N2O. The number of rotatable bonds is 1. The normalized spacial score (nSPS) is 29.0. The Hall–Kier alpha value is -0.590. The van der Waals surface area contributed by atoms with Crippen LogP contribution in [0.5, 0.6) is 0 Å². The molecule has 10 heavy (non-hydrogen) atoms. The summed E-state index contributed by atoms with van der Waals surface area (Å²) in [6.07, 6.45) is 1.28. The summed E-state index contributed by atoms with van der Waals surface area (Å²) in [7, 11) is 0. The predicted octanol–water partition coefficient (Wildman–Crippen LogP) is -0.130. The van der Waals surface area contributed by atoms with E-state index in [9.17, 15) is 0 Å². The highest BCUT2D eigenvalue weighted by Gasteiger charge is 2.20. The monoisotopic (exact) mass is 140 g/mol. The number of hydrogen-bond acceptors (Lipinski definition) is 3. The Balaban J connectivity index is 2.33. The van der Waals surface area contributed by atoms with E-state index in [1.165, 1.54) is 0 Å². The van der Waals surface area contributed by atoms with Gasteiger partial charge in [0, 0.05) is 12.5 Å². The highest BCUT2D eigenvalue weighted by molar-refractivity contribution is 4.90. The van der Waals surface area contributed by atoms with E-state index in [1.54, 1.807) is 0 Å². The summed E-state index contributed by atoms with van der Waals surface area (Å²) in [6, 6.07) is 1.85. The fourth-order valence-corrected chi connectivity index (χ4v) is 1.25. The zero-order chi connectivity index (χ0) is 7.40. The number of piperidine rings is 1. The smallest absolute Gasteiger partial charge is 0.144 e. The summed E-state index contributed by atoms with van der Waals surface area (Å²) >= 11 is 0. The molecule has 1 heterocycles. The van der Waals surface area contributed by atoms with Crippen LogP contribution in [0.4, 0.5) is 0 Å². The molecule has 0 saturated carbocycles. The standard InChI is InChI=1S/C7H12N2O/c8-4-7(10)6-2-1-3-9-5-6/h6-7,9-10H,1-3,5H2. The van der Waals surface area contributed by atoms with Crippen molar-refractivity contribution in [3.05, 3.63) is 0 Å². The van der Waals surface area contributed by atoms with E-state index in [4.69, 9.17) is 10.4 Å². The number of nitriles is 1. The maximum atomic E-state index is 9.08. The summed E-state index contributed by atoms with van der Waals surface area (Å²) in [5, 5.41) is 20.6. The van der Waals surface area contributed by atoms with Crippen LogP contribution in [0.1, 0.15) is 12.8 Å². The Morgan fingerprint density at radius 1 is 1.70 bits per heavy atom. The first kappa shape index (κ1) is 7.52. The van der Waals surface area contributed by atoms with Gasteiger partial charge < -0.3 is 10.4 Å². The Labute approximate surface area is 60.7 Å². The van der Waals surface area contributed by atoms with E-state index in [0.717, 1.165) is 25.9 Å². The zero-order valence-corrected chi connectivity index (χ0v) is 5.88. The van der Waals surface area contributed by atoms with Crippen LogP contribution in [-0.4, -0.2) is 24.3 Å². The SMILES string of the molecule is N#CC(O)C1CCCNC1. The quantitative estimate of drug-likeness (QED) is 0.499. The van der Waals surface area contributed by atoms with Crippen molar-refractivity contribution in [2.75, 3.05) is 13.1 Å². The molecule has 0 aliphatic carbocycles. The van der Waals surface area contributed by atoms with Gasteiger partial charge in [0.05, 0.1) is 6.07 Å². The van der Waals surface area contributed by atoms with Gasteiger partial charge in [-0.3, -0.25) is 0 Å². The molecule has 3 heteroatoms. The first-order chi connectivity index (χ1) is 4.84.